The van der Waals surface area contributed by atoms with Gasteiger partial charge in [-0.05, 0) is 88.2 Å². The van der Waals surface area contributed by atoms with Crippen LogP contribution in [-0.4, -0.2) is 0 Å². The Morgan fingerprint density at radius 1 is 0.750 bits per heavy atom. The van der Waals surface area contributed by atoms with Crippen LogP contribution in [0, 0.1) is 23.5 Å². The number of rotatable bonds is 4. The lowest BCUT2D eigenvalue weighted by Crippen LogP contribution is -2.25. The quantitative estimate of drug-likeness (QED) is 0.322. The van der Waals surface area contributed by atoms with E-state index in [0.717, 1.165) is 24.0 Å². The molecule has 0 amide bonds. The Hall–Kier alpha value is -1.36. The van der Waals surface area contributed by atoms with E-state index < -0.39 is 22.0 Å². The highest BCUT2D eigenvalue weighted by atomic mass is 79.9. The summed E-state index contributed by atoms with van der Waals surface area (Å²) in [5, 5.41) is 0. The summed E-state index contributed by atoms with van der Waals surface area (Å²) < 4.78 is 54.7. The molecular weight excluding hydrogens is 432 g/mol. The van der Waals surface area contributed by atoms with Gasteiger partial charge in [-0.15, -0.1) is 0 Å². The van der Waals surface area contributed by atoms with Crippen molar-refractivity contribution in [1.82, 2.24) is 0 Å². The van der Waals surface area contributed by atoms with E-state index in [4.69, 9.17) is 0 Å². The lowest BCUT2D eigenvalue weighted by atomic mass is 9.67. The summed E-state index contributed by atoms with van der Waals surface area (Å²) in [6.45, 7) is 0. The highest BCUT2D eigenvalue weighted by molar-refractivity contribution is 9.09. The molecule has 2 aliphatic rings. The minimum Gasteiger partial charge on any atom is -0.206 e. The topological polar surface area (TPSA) is 0 Å². The number of benzene rings is 2. The van der Waals surface area contributed by atoms with Gasteiger partial charge in [0.05, 0.1) is 0 Å². The van der Waals surface area contributed by atoms with Gasteiger partial charge in [0, 0.05) is 0 Å². The maximum atomic E-state index is 14.0. The molecule has 0 N–H and O–H groups in total. The monoisotopic (exact) mass is 454 g/mol. The first-order chi connectivity index (χ1) is 13.3. The van der Waals surface area contributed by atoms with Crippen molar-refractivity contribution in [2.75, 3.05) is 0 Å². The van der Waals surface area contributed by atoms with E-state index in [-0.39, 0.29) is 5.56 Å². The van der Waals surface area contributed by atoms with E-state index in [1.807, 2.05) is 40.2 Å². The average molecular weight is 455 g/mol. The standard InChI is InChI=1S/C23H23BrF4/c24-23(27,28)22-20(25)12-19(13-21(22)26)18-10-8-17(9-11-18)16-6-4-15(5-7-16)14-2-1-3-14/h8-16H,1-7H2. The molecule has 0 nitrogen and oxygen atoms in total. The third-order valence-corrected chi connectivity index (χ3v) is 7.03. The number of hydrogen-bond acceptors (Lipinski definition) is 0. The second-order valence-electron chi connectivity index (χ2n) is 8.24. The van der Waals surface area contributed by atoms with Crippen molar-refractivity contribution >= 4 is 15.9 Å². The molecule has 0 spiro atoms. The summed E-state index contributed by atoms with van der Waals surface area (Å²) in [6, 6.07) is 9.60. The number of halogens is 5. The van der Waals surface area contributed by atoms with Crippen LogP contribution in [0.2, 0.25) is 0 Å². The third kappa shape index (κ3) is 4.00. The number of hydrogen-bond donors (Lipinski definition) is 0. The van der Waals surface area contributed by atoms with Crippen LogP contribution in [0.1, 0.15) is 62.0 Å². The summed E-state index contributed by atoms with van der Waals surface area (Å²) in [7, 11) is 0. The molecule has 4 rings (SSSR count). The van der Waals surface area contributed by atoms with Gasteiger partial charge >= 0.3 is 4.83 Å². The minimum absolute atomic E-state index is 0.260. The average Bonchev–Trinajstić information content (AvgIpc) is 2.59. The molecule has 0 aromatic heterocycles. The van der Waals surface area contributed by atoms with Crippen molar-refractivity contribution in [3.8, 4) is 11.1 Å². The maximum Gasteiger partial charge on any atom is 0.332 e. The predicted octanol–water partition coefficient (Wildman–Crippen LogP) is 8.15. The van der Waals surface area contributed by atoms with Crippen molar-refractivity contribution in [3.05, 3.63) is 59.2 Å². The highest BCUT2D eigenvalue weighted by Crippen LogP contribution is 2.45. The Morgan fingerprint density at radius 3 is 1.75 bits per heavy atom. The van der Waals surface area contributed by atoms with Crippen molar-refractivity contribution in [2.45, 2.75) is 55.7 Å². The van der Waals surface area contributed by atoms with Gasteiger partial charge in [0.2, 0.25) is 0 Å². The van der Waals surface area contributed by atoms with Gasteiger partial charge in [0.25, 0.3) is 0 Å². The first-order valence-corrected chi connectivity index (χ1v) is 10.8. The molecule has 0 saturated heterocycles. The molecule has 2 fully saturated rings. The fraction of sp³-hybridized carbons (Fsp3) is 0.478. The molecule has 28 heavy (non-hydrogen) atoms. The second-order valence-corrected chi connectivity index (χ2v) is 9.23. The zero-order valence-corrected chi connectivity index (χ0v) is 17.1. The SMILES string of the molecule is Fc1cc(-c2ccc(C3CCC(C4CCC4)CC3)cc2)cc(F)c1C(F)(F)Br. The second kappa shape index (κ2) is 7.81. The van der Waals surface area contributed by atoms with Crippen LogP contribution in [-0.2, 0) is 4.83 Å². The molecule has 0 bridgehead atoms. The Labute approximate surface area is 171 Å². The van der Waals surface area contributed by atoms with Crippen LogP contribution in [0.25, 0.3) is 11.1 Å². The molecule has 150 valence electrons. The van der Waals surface area contributed by atoms with Crippen LogP contribution in [0.4, 0.5) is 17.6 Å². The lowest BCUT2D eigenvalue weighted by molar-refractivity contribution is 0.105. The highest BCUT2D eigenvalue weighted by Gasteiger charge is 2.35. The van der Waals surface area contributed by atoms with Gasteiger partial charge in [-0.2, -0.15) is 8.78 Å². The molecule has 2 saturated carbocycles. The molecule has 5 heteroatoms. The summed E-state index contributed by atoms with van der Waals surface area (Å²) in [5.41, 5.74) is 0.876. The van der Waals surface area contributed by atoms with Gasteiger partial charge in [-0.1, -0.05) is 43.5 Å². The van der Waals surface area contributed by atoms with E-state index in [1.165, 1.54) is 50.5 Å². The first kappa shape index (κ1) is 19.9. The van der Waals surface area contributed by atoms with E-state index in [1.54, 1.807) is 0 Å². The fourth-order valence-corrected chi connectivity index (χ4v) is 5.17. The Balaban J connectivity index is 1.48. The van der Waals surface area contributed by atoms with Gasteiger partial charge in [-0.25, -0.2) is 8.78 Å². The summed E-state index contributed by atoms with van der Waals surface area (Å²) in [6.07, 6.45) is 9.15. The predicted molar refractivity (Wildman–Crippen MR) is 107 cm³/mol. The summed E-state index contributed by atoms with van der Waals surface area (Å²) >= 11 is 2.03. The van der Waals surface area contributed by atoms with Crippen LogP contribution in [0.5, 0.6) is 0 Å². The third-order valence-electron chi connectivity index (χ3n) is 6.63. The molecular formula is C23H23BrF4. The Bertz CT molecular complexity index is 806. The largest absolute Gasteiger partial charge is 0.332 e. The van der Waals surface area contributed by atoms with Crippen LogP contribution < -0.4 is 0 Å². The molecule has 2 aromatic rings. The zero-order valence-electron chi connectivity index (χ0n) is 15.5. The van der Waals surface area contributed by atoms with Gasteiger partial charge < -0.3 is 0 Å². The molecule has 0 unspecified atom stereocenters. The van der Waals surface area contributed by atoms with E-state index >= 15 is 0 Å². The molecule has 0 aliphatic heterocycles. The van der Waals surface area contributed by atoms with Crippen LogP contribution in [0.15, 0.2) is 36.4 Å². The molecule has 0 atom stereocenters. The zero-order chi connectivity index (χ0) is 19.9. The van der Waals surface area contributed by atoms with E-state index in [9.17, 15) is 17.6 Å². The Morgan fingerprint density at radius 2 is 1.29 bits per heavy atom. The molecule has 2 aliphatic carbocycles. The van der Waals surface area contributed by atoms with Crippen molar-refractivity contribution in [1.29, 1.82) is 0 Å². The molecule has 0 radical (unpaired) electrons. The normalized spacial score (nSPS) is 23.5. The Kier molecular flexibility index (Phi) is 5.56. The molecule has 0 heterocycles. The summed E-state index contributed by atoms with van der Waals surface area (Å²) in [5.74, 6) is -0.136. The summed E-state index contributed by atoms with van der Waals surface area (Å²) in [4.78, 5) is -3.73. The van der Waals surface area contributed by atoms with Crippen molar-refractivity contribution in [3.63, 3.8) is 0 Å². The van der Waals surface area contributed by atoms with Crippen molar-refractivity contribution < 1.29 is 17.6 Å². The van der Waals surface area contributed by atoms with Crippen molar-refractivity contribution in [2.24, 2.45) is 11.8 Å². The maximum absolute atomic E-state index is 14.0. The van der Waals surface area contributed by atoms with Gasteiger partial charge in [0.15, 0.2) is 0 Å². The lowest BCUT2D eigenvalue weighted by Gasteiger charge is -2.38. The van der Waals surface area contributed by atoms with E-state index in [2.05, 4.69) is 0 Å². The van der Waals surface area contributed by atoms with Crippen LogP contribution in [0.3, 0.4) is 0 Å². The fourth-order valence-electron chi connectivity index (χ4n) is 4.79. The molecule has 2 aromatic carbocycles. The first-order valence-electron chi connectivity index (χ1n) is 9.99. The van der Waals surface area contributed by atoms with Gasteiger partial charge in [0.1, 0.15) is 17.2 Å². The van der Waals surface area contributed by atoms with E-state index in [0.29, 0.717) is 11.5 Å². The minimum atomic E-state index is -3.73. The smallest absolute Gasteiger partial charge is 0.206 e. The van der Waals surface area contributed by atoms with Gasteiger partial charge in [-0.3, -0.25) is 0 Å². The van der Waals surface area contributed by atoms with Crippen LogP contribution >= 0.6 is 15.9 Å². The number of alkyl halides is 3.